The number of carbonyl (C=O) groups excluding carboxylic acids is 3. The number of nitrogens with zero attached hydrogens (tertiary/aromatic N) is 1. The summed E-state index contributed by atoms with van der Waals surface area (Å²) in [5, 5.41) is 11.3. The fraction of sp³-hybridized carbons (Fsp3) is 0. The van der Waals surface area contributed by atoms with Gasteiger partial charge in [-0.3, -0.25) is 14.9 Å². The summed E-state index contributed by atoms with van der Waals surface area (Å²) >= 11 is 3.28. The number of carbonyl (C=O) groups is 4. The Morgan fingerprint density at radius 2 is 1.77 bits per heavy atom. The van der Waals surface area contributed by atoms with Crippen LogP contribution in [0.2, 0.25) is 0 Å². The van der Waals surface area contributed by atoms with Crippen LogP contribution in [0.25, 0.3) is 17.4 Å². The third kappa shape index (κ3) is 4.03. The van der Waals surface area contributed by atoms with Gasteiger partial charge in [-0.1, -0.05) is 28.1 Å². The number of anilines is 1. The summed E-state index contributed by atoms with van der Waals surface area (Å²) in [6.45, 7) is 0. The zero-order valence-electron chi connectivity index (χ0n) is 15.7. The van der Waals surface area contributed by atoms with Crippen molar-refractivity contribution in [2.24, 2.45) is 0 Å². The zero-order chi connectivity index (χ0) is 22.1. The van der Waals surface area contributed by atoms with E-state index in [9.17, 15) is 19.2 Å². The Morgan fingerprint density at radius 3 is 2.48 bits per heavy atom. The van der Waals surface area contributed by atoms with Gasteiger partial charge in [0, 0.05) is 10.0 Å². The van der Waals surface area contributed by atoms with Crippen LogP contribution in [0.5, 0.6) is 0 Å². The summed E-state index contributed by atoms with van der Waals surface area (Å²) < 4.78 is 6.44. The van der Waals surface area contributed by atoms with Gasteiger partial charge in [0.25, 0.3) is 11.8 Å². The molecule has 1 fully saturated rings. The molecule has 0 aliphatic carbocycles. The van der Waals surface area contributed by atoms with E-state index >= 15 is 0 Å². The predicted molar refractivity (Wildman–Crippen MR) is 114 cm³/mol. The summed E-state index contributed by atoms with van der Waals surface area (Å²) in [6.07, 6.45) is 1.24. The van der Waals surface area contributed by atoms with Crippen LogP contribution in [0, 0.1) is 0 Å². The average molecular weight is 481 g/mol. The number of hydrogen-bond acceptors (Lipinski definition) is 5. The van der Waals surface area contributed by atoms with Crippen molar-refractivity contribution in [3.8, 4) is 11.3 Å². The molecular weight excluding hydrogens is 468 g/mol. The first-order chi connectivity index (χ1) is 14.8. The van der Waals surface area contributed by atoms with Crippen LogP contribution in [-0.2, 0) is 9.59 Å². The smallest absolute Gasteiger partial charge is 0.335 e. The number of nitrogens with one attached hydrogen (secondary N) is 1. The molecule has 0 bridgehead atoms. The molecule has 154 valence electrons. The zero-order valence-corrected chi connectivity index (χ0v) is 17.3. The molecule has 1 aliphatic rings. The number of furan rings is 1. The Bertz CT molecular complexity index is 1260. The maximum absolute atomic E-state index is 12.9. The van der Waals surface area contributed by atoms with Crippen LogP contribution < -0.4 is 10.2 Å². The highest BCUT2D eigenvalue weighted by molar-refractivity contribution is 9.10. The maximum Gasteiger partial charge on any atom is 0.335 e. The Labute approximate surface area is 183 Å². The van der Waals surface area contributed by atoms with Gasteiger partial charge in [-0.2, -0.15) is 0 Å². The van der Waals surface area contributed by atoms with Crippen LogP contribution in [-0.4, -0.2) is 28.9 Å². The molecule has 1 aromatic heterocycles. The number of halogens is 1. The third-order valence-corrected chi connectivity index (χ3v) is 5.02. The molecule has 2 heterocycles. The second-order valence-corrected chi connectivity index (χ2v) is 7.44. The lowest BCUT2D eigenvalue weighted by Gasteiger charge is -2.26. The summed E-state index contributed by atoms with van der Waals surface area (Å²) in [5.41, 5.74) is 0.646. The van der Waals surface area contributed by atoms with Crippen molar-refractivity contribution in [2.75, 3.05) is 4.90 Å². The average Bonchev–Trinajstić information content (AvgIpc) is 3.21. The van der Waals surface area contributed by atoms with Crippen LogP contribution >= 0.6 is 15.9 Å². The van der Waals surface area contributed by atoms with Gasteiger partial charge in [-0.15, -0.1) is 0 Å². The van der Waals surface area contributed by atoms with E-state index in [4.69, 9.17) is 9.52 Å². The number of urea groups is 1. The fourth-order valence-electron chi connectivity index (χ4n) is 3.02. The van der Waals surface area contributed by atoms with Gasteiger partial charge < -0.3 is 9.52 Å². The minimum Gasteiger partial charge on any atom is -0.478 e. The lowest BCUT2D eigenvalue weighted by molar-refractivity contribution is -0.122. The molecule has 0 saturated carbocycles. The number of hydrogen-bond donors (Lipinski definition) is 2. The van der Waals surface area contributed by atoms with Crippen molar-refractivity contribution in [3.05, 3.63) is 82.0 Å². The van der Waals surface area contributed by atoms with Gasteiger partial charge in [0.1, 0.15) is 17.1 Å². The van der Waals surface area contributed by atoms with Gasteiger partial charge >= 0.3 is 12.0 Å². The van der Waals surface area contributed by atoms with E-state index in [1.165, 1.54) is 24.3 Å². The Kier molecular flexibility index (Phi) is 5.26. The van der Waals surface area contributed by atoms with Gasteiger partial charge in [0.2, 0.25) is 0 Å². The quantitative estimate of drug-likeness (QED) is 0.429. The maximum atomic E-state index is 12.9. The van der Waals surface area contributed by atoms with Gasteiger partial charge in [0.05, 0.1) is 11.3 Å². The Morgan fingerprint density at radius 1 is 1.03 bits per heavy atom. The SMILES string of the molecule is O=C1NC(=O)N(c2ccc(Br)cc2)C(=O)/C1=C\c1ccc(-c2cccc(C(=O)O)c2)o1. The minimum absolute atomic E-state index is 0.0966. The molecule has 0 spiro atoms. The highest BCUT2D eigenvalue weighted by atomic mass is 79.9. The standard InChI is InChI=1S/C22H13BrN2O6/c23-14-4-6-15(7-5-14)25-20(27)17(19(26)24-22(25)30)11-16-8-9-18(31-16)12-2-1-3-13(10-12)21(28)29/h1-11H,(H,28,29)(H,24,26,30)/b17-11-. The second kappa shape index (κ2) is 8.04. The van der Waals surface area contributed by atoms with Gasteiger partial charge in [-0.25, -0.2) is 14.5 Å². The van der Waals surface area contributed by atoms with E-state index in [1.54, 1.807) is 42.5 Å². The van der Waals surface area contributed by atoms with Crippen LogP contribution in [0.3, 0.4) is 0 Å². The van der Waals surface area contributed by atoms with Gasteiger partial charge in [0.15, 0.2) is 0 Å². The highest BCUT2D eigenvalue weighted by Gasteiger charge is 2.37. The van der Waals surface area contributed by atoms with E-state index in [1.807, 2.05) is 0 Å². The fourth-order valence-corrected chi connectivity index (χ4v) is 3.28. The van der Waals surface area contributed by atoms with E-state index in [0.717, 1.165) is 9.37 Å². The van der Waals surface area contributed by atoms with Crippen molar-refractivity contribution in [1.82, 2.24) is 5.32 Å². The van der Waals surface area contributed by atoms with E-state index < -0.39 is 23.8 Å². The van der Waals surface area contributed by atoms with Crippen molar-refractivity contribution in [2.45, 2.75) is 0 Å². The van der Waals surface area contributed by atoms with Crippen LogP contribution in [0.4, 0.5) is 10.5 Å². The first-order valence-electron chi connectivity index (χ1n) is 8.94. The summed E-state index contributed by atoms with van der Waals surface area (Å²) in [4.78, 5) is 49.4. The largest absolute Gasteiger partial charge is 0.478 e. The number of barbiturate groups is 1. The third-order valence-electron chi connectivity index (χ3n) is 4.49. The van der Waals surface area contributed by atoms with E-state index in [0.29, 0.717) is 17.0 Å². The summed E-state index contributed by atoms with van der Waals surface area (Å²) in [7, 11) is 0. The number of imide groups is 2. The first kappa shape index (κ1) is 20.3. The Balaban J connectivity index is 1.66. The number of carboxylic acids is 1. The molecule has 4 amide bonds. The topological polar surface area (TPSA) is 117 Å². The number of aromatic carboxylic acids is 1. The van der Waals surface area contributed by atoms with Crippen molar-refractivity contribution < 1.29 is 28.7 Å². The molecule has 9 heteroatoms. The van der Waals surface area contributed by atoms with Crippen molar-refractivity contribution in [3.63, 3.8) is 0 Å². The van der Waals surface area contributed by atoms with E-state index in [2.05, 4.69) is 21.2 Å². The number of rotatable bonds is 4. The Hall–Kier alpha value is -3.98. The van der Waals surface area contributed by atoms with E-state index in [-0.39, 0.29) is 16.9 Å². The summed E-state index contributed by atoms with van der Waals surface area (Å²) in [5.74, 6) is -2.15. The predicted octanol–water partition coefficient (Wildman–Crippen LogP) is 4.07. The van der Waals surface area contributed by atoms with Crippen LogP contribution in [0.15, 0.2) is 75.1 Å². The first-order valence-corrected chi connectivity index (χ1v) is 9.73. The lowest BCUT2D eigenvalue weighted by atomic mass is 10.1. The second-order valence-electron chi connectivity index (χ2n) is 6.52. The molecule has 8 nitrogen and oxygen atoms in total. The monoisotopic (exact) mass is 480 g/mol. The molecule has 2 N–H and O–H groups in total. The molecule has 31 heavy (non-hydrogen) atoms. The molecule has 0 radical (unpaired) electrons. The van der Waals surface area contributed by atoms with Crippen LogP contribution in [0.1, 0.15) is 16.1 Å². The molecule has 3 aromatic rings. The van der Waals surface area contributed by atoms with Crippen molar-refractivity contribution >= 4 is 51.5 Å². The number of amides is 4. The molecule has 0 unspecified atom stereocenters. The summed E-state index contributed by atoms with van der Waals surface area (Å²) in [6, 6.07) is 14.9. The molecule has 1 aliphatic heterocycles. The number of benzene rings is 2. The molecule has 1 saturated heterocycles. The van der Waals surface area contributed by atoms with Gasteiger partial charge in [-0.05, 0) is 54.6 Å². The lowest BCUT2D eigenvalue weighted by Crippen LogP contribution is -2.54. The molecule has 2 aromatic carbocycles. The minimum atomic E-state index is -1.07. The highest BCUT2D eigenvalue weighted by Crippen LogP contribution is 2.27. The molecular formula is C22H13BrN2O6. The van der Waals surface area contributed by atoms with Crippen molar-refractivity contribution in [1.29, 1.82) is 0 Å². The normalized spacial score (nSPS) is 15.3. The molecule has 4 rings (SSSR count). The number of carboxylic acid groups (broad SMARTS) is 1. The molecule has 0 atom stereocenters.